The van der Waals surface area contributed by atoms with E-state index in [1.807, 2.05) is 0 Å². The zero-order valence-electron chi connectivity index (χ0n) is 23.1. The van der Waals surface area contributed by atoms with Crippen molar-refractivity contribution in [2.75, 3.05) is 13.7 Å². The van der Waals surface area contributed by atoms with E-state index in [-0.39, 0.29) is 35.0 Å². The van der Waals surface area contributed by atoms with Gasteiger partial charge in [-0.3, -0.25) is 4.79 Å². The van der Waals surface area contributed by atoms with Crippen LogP contribution in [0.4, 0.5) is 0 Å². The van der Waals surface area contributed by atoms with Crippen molar-refractivity contribution in [2.45, 2.75) is 80.9 Å². The molecular weight excluding hydrogens is 576 g/mol. The summed E-state index contributed by atoms with van der Waals surface area (Å²) in [5.74, 6) is -0.999. The highest BCUT2D eigenvalue weighted by Crippen LogP contribution is 2.43. The summed E-state index contributed by atoms with van der Waals surface area (Å²) in [5, 5.41) is 82.2. The molecule has 236 valence electrons. The molecule has 2 aromatic rings. The second-order valence-electron chi connectivity index (χ2n) is 10.6. The van der Waals surface area contributed by atoms with Crippen LogP contribution in [0.2, 0.25) is 0 Å². The molecule has 0 amide bonds. The molecule has 43 heavy (non-hydrogen) atoms. The van der Waals surface area contributed by atoms with Gasteiger partial charge in [-0.05, 0) is 24.6 Å². The largest absolute Gasteiger partial charge is 0.507 e. The Labute approximate surface area is 245 Å². The number of rotatable bonds is 7. The van der Waals surface area contributed by atoms with Crippen LogP contribution in [0.25, 0.3) is 0 Å². The second kappa shape index (κ2) is 12.4. The van der Waals surface area contributed by atoms with Crippen molar-refractivity contribution in [3.63, 3.8) is 0 Å². The number of phenolic OH excluding ortho intramolecular Hbond substituents is 2. The molecule has 5 rings (SSSR count). The molecule has 0 aliphatic carbocycles. The number of hydrogen-bond donors (Lipinski definition) is 8. The molecule has 2 aromatic carbocycles. The standard InChI is InChI=1S/C28H34O15/c1-10-21(32)23(34)25(36)27(40-10)39-9-19-22(33)24(35)26(37)28(43-19)41-12-6-14(30)20-15(31)8-17(42-18(20)7-12)11-3-4-16(38-2)13(29)5-11/h3-7,10,17,19,21-30,32-37H,8-9H2,1-2H3/t10-,17-,19-,21-,22-,23+,24+,25-,26-,27-,28-/m0/s1. The molecule has 3 aliphatic rings. The Hall–Kier alpha value is -3.25. The van der Waals surface area contributed by atoms with Crippen LogP contribution in [0.5, 0.6) is 28.7 Å². The van der Waals surface area contributed by atoms with Crippen LogP contribution in [-0.2, 0) is 14.2 Å². The van der Waals surface area contributed by atoms with Crippen LogP contribution in [0.15, 0.2) is 30.3 Å². The van der Waals surface area contributed by atoms with Crippen molar-refractivity contribution in [3.05, 3.63) is 41.5 Å². The Bertz CT molecular complexity index is 1320. The third kappa shape index (κ3) is 6.08. The summed E-state index contributed by atoms with van der Waals surface area (Å²) in [7, 11) is 1.39. The van der Waals surface area contributed by atoms with E-state index in [0.29, 0.717) is 5.56 Å². The first-order valence-corrected chi connectivity index (χ1v) is 13.5. The summed E-state index contributed by atoms with van der Waals surface area (Å²) in [6.07, 6.45) is -15.9. The summed E-state index contributed by atoms with van der Waals surface area (Å²) in [4.78, 5) is 12.9. The predicted molar refractivity (Wildman–Crippen MR) is 141 cm³/mol. The van der Waals surface area contributed by atoms with Gasteiger partial charge in [0.15, 0.2) is 23.6 Å². The van der Waals surface area contributed by atoms with Crippen molar-refractivity contribution in [1.82, 2.24) is 0 Å². The fourth-order valence-corrected chi connectivity index (χ4v) is 5.20. The van der Waals surface area contributed by atoms with Gasteiger partial charge in [-0.15, -0.1) is 0 Å². The average Bonchev–Trinajstić information content (AvgIpc) is 2.97. The van der Waals surface area contributed by atoms with Gasteiger partial charge in [-0.2, -0.15) is 0 Å². The topological polar surface area (TPSA) is 234 Å². The highest BCUT2D eigenvalue weighted by Gasteiger charge is 2.47. The van der Waals surface area contributed by atoms with Crippen LogP contribution in [0.1, 0.15) is 35.4 Å². The molecule has 0 bridgehead atoms. The minimum Gasteiger partial charge on any atom is -0.507 e. The number of aromatic hydroxyl groups is 2. The van der Waals surface area contributed by atoms with Gasteiger partial charge in [0.2, 0.25) is 6.29 Å². The van der Waals surface area contributed by atoms with E-state index in [1.165, 1.54) is 32.2 Å². The monoisotopic (exact) mass is 610 g/mol. The van der Waals surface area contributed by atoms with Crippen molar-refractivity contribution in [3.8, 4) is 28.7 Å². The lowest BCUT2D eigenvalue weighted by Gasteiger charge is -2.42. The summed E-state index contributed by atoms with van der Waals surface area (Å²) >= 11 is 0. The molecule has 0 radical (unpaired) electrons. The minimum atomic E-state index is -1.77. The fraction of sp³-hybridized carbons (Fsp3) is 0.536. The van der Waals surface area contributed by atoms with E-state index in [4.69, 9.17) is 28.4 Å². The zero-order valence-corrected chi connectivity index (χ0v) is 23.1. The summed E-state index contributed by atoms with van der Waals surface area (Å²) in [6.45, 7) is 0.964. The van der Waals surface area contributed by atoms with E-state index in [2.05, 4.69) is 0 Å². The number of methoxy groups -OCH3 is 1. The maximum absolute atomic E-state index is 12.9. The van der Waals surface area contributed by atoms with Gasteiger partial charge in [0, 0.05) is 12.1 Å². The smallest absolute Gasteiger partial charge is 0.229 e. The number of carbonyl (C=O) groups is 1. The molecule has 3 aliphatic heterocycles. The summed E-state index contributed by atoms with van der Waals surface area (Å²) in [6, 6.07) is 6.90. The molecule has 8 N–H and O–H groups in total. The Morgan fingerprint density at radius 2 is 1.53 bits per heavy atom. The highest BCUT2D eigenvalue weighted by molar-refractivity contribution is 6.02. The number of ether oxygens (including phenoxy) is 6. The molecule has 3 heterocycles. The van der Waals surface area contributed by atoms with Gasteiger partial charge in [-0.1, -0.05) is 6.07 Å². The van der Waals surface area contributed by atoms with Crippen molar-refractivity contribution >= 4 is 5.78 Å². The number of aliphatic hydroxyl groups excluding tert-OH is 6. The molecule has 15 heteroatoms. The average molecular weight is 611 g/mol. The summed E-state index contributed by atoms with van der Waals surface area (Å²) in [5.41, 5.74) is 0.373. The third-order valence-electron chi connectivity index (χ3n) is 7.70. The number of Topliss-reactive ketones (excluding diaryl/α,β-unsaturated/α-hetero) is 1. The van der Waals surface area contributed by atoms with Crippen LogP contribution >= 0.6 is 0 Å². The molecular formula is C28H34O15. The lowest BCUT2D eigenvalue weighted by atomic mass is 9.95. The number of phenols is 2. The molecule has 2 saturated heterocycles. The van der Waals surface area contributed by atoms with E-state index in [1.54, 1.807) is 6.07 Å². The van der Waals surface area contributed by atoms with E-state index >= 15 is 0 Å². The van der Waals surface area contributed by atoms with Crippen molar-refractivity contribution in [1.29, 1.82) is 0 Å². The lowest BCUT2D eigenvalue weighted by molar-refractivity contribution is -0.318. The maximum Gasteiger partial charge on any atom is 0.229 e. The maximum atomic E-state index is 12.9. The first-order valence-electron chi connectivity index (χ1n) is 13.5. The van der Waals surface area contributed by atoms with Gasteiger partial charge in [0.1, 0.15) is 71.6 Å². The molecule has 11 atom stereocenters. The molecule has 0 spiro atoms. The predicted octanol–water partition coefficient (Wildman–Crippen LogP) is -1.16. The minimum absolute atomic E-state index is 0.0457. The molecule has 0 aromatic heterocycles. The fourth-order valence-electron chi connectivity index (χ4n) is 5.20. The molecule has 15 nitrogen and oxygen atoms in total. The van der Waals surface area contributed by atoms with Crippen LogP contribution in [-0.4, -0.2) is 122 Å². The van der Waals surface area contributed by atoms with Crippen LogP contribution < -0.4 is 14.2 Å². The molecule has 0 unspecified atom stereocenters. The highest BCUT2D eigenvalue weighted by atomic mass is 16.7. The van der Waals surface area contributed by atoms with Gasteiger partial charge in [-0.25, -0.2) is 0 Å². The van der Waals surface area contributed by atoms with Gasteiger partial charge < -0.3 is 69.3 Å². The van der Waals surface area contributed by atoms with Gasteiger partial charge in [0.05, 0.1) is 26.2 Å². The quantitative estimate of drug-likeness (QED) is 0.185. The zero-order chi connectivity index (χ0) is 31.2. The number of benzene rings is 2. The second-order valence-corrected chi connectivity index (χ2v) is 10.6. The number of hydrogen-bond acceptors (Lipinski definition) is 15. The van der Waals surface area contributed by atoms with E-state index in [0.717, 1.165) is 6.07 Å². The van der Waals surface area contributed by atoms with Crippen molar-refractivity contribution < 1.29 is 74.1 Å². The SMILES string of the molecule is COc1ccc([C@@H]2CC(=O)c3c(O)cc(O[C@H]4O[C@@H](CO[C@H]5O[C@@H](C)[C@H](O)[C@@H](O)[C@@H]5O)[C@H](O)[C@@H](O)[C@@H]4O)cc3O2)cc1O. The van der Waals surface area contributed by atoms with Crippen LogP contribution in [0.3, 0.4) is 0 Å². The Kier molecular flexibility index (Phi) is 8.99. The van der Waals surface area contributed by atoms with E-state index in [9.17, 15) is 45.6 Å². The van der Waals surface area contributed by atoms with Gasteiger partial charge in [0.25, 0.3) is 0 Å². The Balaban J connectivity index is 1.30. The van der Waals surface area contributed by atoms with Crippen LogP contribution in [0, 0.1) is 0 Å². The summed E-state index contributed by atoms with van der Waals surface area (Å²) < 4.78 is 33.1. The third-order valence-corrected chi connectivity index (χ3v) is 7.70. The van der Waals surface area contributed by atoms with Gasteiger partial charge >= 0.3 is 0 Å². The first kappa shape index (κ1) is 31.2. The lowest BCUT2D eigenvalue weighted by Crippen LogP contribution is -2.61. The number of aliphatic hydroxyl groups is 6. The Morgan fingerprint density at radius 3 is 2.23 bits per heavy atom. The number of fused-ring (bicyclic) bond motifs is 1. The first-order chi connectivity index (χ1) is 20.4. The number of ketones is 1. The molecule has 0 saturated carbocycles. The number of carbonyl (C=O) groups excluding carboxylic acids is 1. The van der Waals surface area contributed by atoms with E-state index < -0.39 is 85.7 Å². The normalized spacial score (nSPS) is 36.0. The van der Waals surface area contributed by atoms with Crippen molar-refractivity contribution in [2.24, 2.45) is 0 Å². The Morgan fingerprint density at radius 1 is 0.837 bits per heavy atom. The molecule has 2 fully saturated rings.